The second-order valence-corrected chi connectivity index (χ2v) is 5.10. The van der Waals surface area contributed by atoms with E-state index in [0.29, 0.717) is 18.1 Å². The molecule has 0 unspecified atom stereocenters. The summed E-state index contributed by atoms with van der Waals surface area (Å²) < 4.78 is 14.0. The number of nitrogens with one attached hydrogen (secondary N) is 1. The molecule has 0 fully saturated rings. The highest BCUT2D eigenvalue weighted by molar-refractivity contribution is 5.66. The average Bonchev–Trinajstić information content (AvgIpc) is 2.34. The van der Waals surface area contributed by atoms with E-state index in [2.05, 4.69) is 34.3 Å². The van der Waals surface area contributed by atoms with E-state index in [4.69, 9.17) is 0 Å². The van der Waals surface area contributed by atoms with Gasteiger partial charge in [0.1, 0.15) is 0 Å². The third-order valence-electron chi connectivity index (χ3n) is 3.26. The third kappa shape index (κ3) is 2.64. The number of aryl methyl sites for hydroxylation is 4. The van der Waals surface area contributed by atoms with E-state index in [0.717, 1.165) is 16.7 Å². The van der Waals surface area contributed by atoms with Crippen molar-refractivity contribution >= 4 is 5.82 Å². The molecule has 2 aromatic rings. The summed E-state index contributed by atoms with van der Waals surface area (Å²) >= 11 is 0. The lowest BCUT2D eigenvalue weighted by molar-refractivity contribution is 0.606. The summed E-state index contributed by atoms with van der Waals surface area (Å²) in [5, 5.41) is 2.95. The molecule has 0 radical (unpaired) electrons. The van der Waals surface area contributed by atoms with Gasteiger partial charge >= 0.3 is 0 Å². The number of rotatable bonds is 3. The van der Waals surface area contributed by atoms with E-state index >= 15 is 0 Å². The van der Waals surface area contributed by atoms with Crippen LogP contribution in [0.15, 0.2) is 12.1 Å². The summed E-state index contributed by atoms with van der Waals surface area (Å²) in [5.41, 5.74) is 4.77. The number of benzene rings is 1. The number of hydrogen-bond donors (Lipinski definition) is 1. The van der Waals surface area contributed by atoms with Gasteiger partial charge in [0, 0.05) is 12.1 Å². The highest BCUT2D eigenvalue weighted by atomic mass is 19.1. The minimum atomic E-state index is -0.377. The van der Waals surface area contributed by atoms with Crippen LogP contribution >= 0.6 is 0 Å². The predicted molar refractivity (Wildman–Crippen MR) is 80.5 cm³/mol. The zero-order chi connectivity index (χ0) is 14.9. The standard InChI is InChI=1S/C16H20FN3/c1-6-18-16-14(17)12(5)19-15(20-16)13-10(3)7-9(2)8-11(13)4/h7-8H,6H2,1-5H3,(H,18,19,20). The van der Waals surface area contributed by atoms with Crippen LogP contribution in [0.3, 0.4) is 0 Å². The topological polar surface area (TPSA) is 37.8 Å². The molecule has 0 bridgehead atoms. The smallest absolute Gasteiger partial charge is 0.186 e. The highest BCUT2D eigenvalue weighted by Gasteiger charge is 2.15. The molecule has 0 saturated carbocycles. The Kier molecular flexibility index (Phi) is 4.02. The first-order valence-corrected chi connectivity index (χ1v) is 6.80. The summed E-state index contributed by atoms with van der Waals surface area (Å²) in [5.74, 6) is 0.474. The van der Waals surface area contributed by atoms with Crippen molar-refractivity contribution in [2.24, 2.45) is 0 Å². The number of nitrogens with zero attached hydrogens (tertiary/aromatic N) is 2. The molecule has 4 heteroatoms. The van der Waals surface area contributed by atoms with Crippen molar-refractivity contribution in [2.75, 3.05) is 11.9 Å². The van der Waals surface area contributed by atoms with Crippen LogP contribution in [0.25, 0.3) is 11.4 Å². The van der Waals surface area contributed by atoms with Crippen molar-refractivity contribution in [2.45, 2.75) is 34.6 Å². The van der Waals surface area contributed by atoms with Crippen LogP contribution < -0.4 is 5.32 Å². The molecule has 0 spiro atoms. The molecule has 1 heterocycles. The van der Waals surface area contributed by atoms with Gasteiger partial charge in [-0.3, -0.25) is 0 Å². The highest BCUT2D eigenvalue weighted by Crippen LogP contribution is 2.28. The van der Waals surface area contributed by atoms with Gasteiger partial charge in [0.05, 0.1) is 5.69 Å². The van der Waals surface area contributed by atoms with Gasteiger partial charge in [-0.25, -0.2) is 14.4 Å². The molecule has 0 atom stereocenters. The zero-order valence-corrected chi connectivity index (χ0v) is 12.6. The van der Waals surface area contributed by atoms with Crippen molar-refractivity contribution in [1.29, 1.82) is 0 Å². The fourth-order valence-corrected chi connectivity index (χ4v) is 2.49. The molecule has 1 aromatic carbocycles. The second kappa shape index (κ2) is 5.57. The Balaban J connectivity index is 2.64. The Hall–Kier alpha value is -1.97. The molecule has 20 heavy (non-hydrogen) atoms. The van der Waals surface area contributed by atoms with Gasteiger partial charge in [0.25, 0.3) is 0 Å². The predicted octanol–water partition coefficient (Wildman–Crippen LogP) is 3.95. The maximum absolute atomic E-state index is 14.0. The maximum atomic E-state index is 14.0. The van der Waals surface area contributed by atoms with Crippen molar-refractivity contribution < 1.29 is 4.39 Å². The number of aromatic nitrogens is 2. The lowest BCUT2D eigenvalue weighted by Gasteiger charge is -2.13. The minimum Gasteiger partial charge on any atom is -0.368 e. The Labute approximate surface area is 119 Å². The largest absolute Gasteiger partial charge is 0.368 e. The van der Waals surface area contributed by atoms with E-state index in [9.17, 15) is 4.39 Å². The molecule has 106 valence electrons. The molecule has 1 N–H and O–H groups in total. The van der Waals surface area contributed by atoms with Crippen molar-refractivity contribution in [3.05, 3.63) is 40.3 Å². The molecule has 0 aliphatic carbocycles. The first-order valence-electron chi connectivity index (χ1n) is 6.80. The fraction of sp³-hybridized carbons (Fsp3) is 0.375. The fourth-order valence-electron chi connectivity index (χ4n) is 2.49. The van der Waals surface area contributed by atoms with E-state index in [-0.39, 0.29) is 11.6 Å². The van der Waals surface area contributed by atoms with Gasteiger partial charge < -0.3 is 5.32 Å². The Morgan fingerprint density at radius 1 is 1.05 bits per heavy atom. The van der Waals surface area contributed by atoms with E-state index in [1.165, 1.54) is 5.56 Å². The van der Waals surface area contributed by atoms with Gasteiger partial charge in [-0.1, -0.05) is 17.7 Å². The summed E-state index contributed by atoms with van der Waals surface area (Å²) in [7, 11) is 0. The second-order valence-electron chi connectivity index (χ2n) is 5.10. The Morgan fingerprint density at radius 3 is 2.20 bits per heavy atom. The summed E-state index contributed by atoms with van der Waals surface area (Å²) in [6, 6.07) is 4.19. The Bertz CT molecular complexity index is 627. The molecule has 0 aliphatic rings. The summed E-state index contributed by atoms with van der Waals surface area (Å²) in [4.78, 5) is 8.66. The van der Waals surface area contributed by atoms with Crippen LogP contribution in [0.1, 0.15) is 29.3 Å². The zero-order valence-electron chi connectivity index (χ0n) is 12.6. The third-order valence-corrected chi connectivity index (χ3v) is 3.26. The van der Waals surface area contributed by atoms with Crippen molar-refractivity contribution in [1.82, 2.24) is 9.97 Å². The maximum Gasteiger partial charge on any atom is 0.186 e. The average molecular weight is 273 g/mol. The molecule has 3 nitrogen and oxygen atoms in total. The minimum absolute atomic E-state index is 0.273. The van der Waals surface area contributed by atoms with Crippen LogP contribution in [0, 0.1) is 33.5 Å². The van der Waals surface area contributed by atoms with Gasteiger partial charge in [-0.15, -0.1) is 0 Å². The first kappa shape index (κ1) is 14.4. The van der Waals surface area contributed by atoms with E-state index in [1.54, 1.807) is 6.92 Å². The molecular weight excluding hydrogens is 253 g/mol. The summed E-state index contributed by atoms with van der Waals surface area (Å²) in [6.45, 7) is 10.3. The quantitative estimate of drug-likeness (QED) is 0.920. The van der Waals surface area contributed by atoms with Gasteiger partial charge in [0.2, 0.25) is 0 Å². The van der Waals surface area contributed by atoms with Gasteiger partial charge in [-0.05, 0) is 45.7 Å². The number of hydrogen-bond acceptors (Lipinski definition) is 3. The molecule has 0 amide bonds. The Morgan fingerprint density at radius 2 is 1.65 bits per heavy atom. The normalized spacial score (nSPS) is 10.7. The van der Waals surface area contributed by atoms with Crippen LogP contribution in [-0.2, 0) is 0 Å². The van der Waals surface area contributed by atoms with Gasteiger partial charge in [-0.2, -0.15) is 0 Å². The van der Waals surface area contributed by atoms with Crippen LogP contribution in [0.5, 0.6) is 0 Å². The SMILES string of the molecule is CCNc1nc(-c2c(C)cc(C)cc2C)nc(C)c1F. The van der Waals surface area contributed by atoms with E-state index in [1.807, 2.05) is 20.8 Å². The molecule has 1 aromatic heterocycles. The first-order chi connectivity index (χ1) is 9.43. The van der Waals surface area contributed by atoms with Crippen LogP contribution in [0.4, 0.5) is 10.2 Å². The van der Waals surface area contributed by atoms with Crippen LogP contribution in [-0.4, -0.2) is 16.5 Å². The number of halogens is 1. The van der Waals surface area contributed by atoms with Crippen LogP contribution in [0.2, 0.25) is 0 Å². The summed E-state index contributed by atoms with van der Waals surface area (Å²) in [6.07, 6.45) is 0. The monoisotopic (exact) mass is 273 g/mol. The molecule has 0 saturated heterocycles. The number of anilines is 1. The molecule has 2 rings (SSSR count). The molecule has 0 aliphatic heterocycles. The lowest BCUT2D eigenvalue weighted by Crippen LogP contribution is -2.07. The van der Waals surface area contributed by atoms with Crippen molar-refractivity contribution in [3.8, 4) is 11.4 Å². The van der Waals surface area contributed by atoms with Crippen molar-refractivity contribution in [3.63, 3.8) is 0 Å². The lowest BCUT2D eigenvalue weighted by atomic mass is 9.99. The molecular formula is C16H20FN3. The van der Waals surface area contributed by atoms with E-state index < -0.39 is 0 Å². The van der Waals surface area contributed by atoms with Gasteiger partial charge in [0.15, 0.2) is 17.5 Å².